The van der Waals surface area contributed by atoms with Gasteiger partial charge in [0.05, 0.1) is 0 Å². The highest BCUT2D eigenvalue weighted by atomic mass is 16.3. The molecule has 2 heteroatoms. The van der Waals surface area contributed by atoms with E-state index < -0.39 is 6.10 Å². The van der Waals surface area contributed by atoms with Crippen LogP contribution in [0.15, 0.2) is 0 Å². The van der Waals surface area contributed by atoms with Crippen LogP contribution in [-0.4, -0.2) is 17.0 Å². The highest BCUT2D eigenvalue weighted by Crippen LogP contribution is 2.43. The third kappa shape index (κ3) is 2.31. The van der Waals surface area contributed by atoms with Crippen molar-refractivity contribution in [1.29, 1.82) is 0 Å². The Hall–Kier alpha value is -0.370. The first kappa shape index (κ1) is 9.72. The monoisotopic (exact) mass is 170 g/mol. The SMILES string of the molecule is CCC(O)C(=O)CC1CC1CC. The number of hydrogen-bond donors (Lipinski definition) is 1. The molecule has 1 aliphatic carbocycles. The summed E-state index contributed by atoms with van der Waals surface area (Å²) in [4.78, 5) is 11.2. The summed E-state index contributed by atoms with van der Waals surface area (Å²) in [6.07, 6.45) is 2.83. The highest BCUT2D eigenvalue weighted by molar-refractivity contribution is 5.83. The van der Waals surface area contributed by atoms with Gasteiger partial charge in [-0.15, -0.1) is 0 Å². The Labute approximate surface area is 74.0 Å². The molecule has 0 radical (unpaired) electrons. The fraction of sp³-hybridized carbons (Fsp3) is 0.900. The Balaban J connectivity index is 2.20. The minimum atomic E-state index is -0.705. The predicted molar refractivity (Wildman–Crippen MR) is 47.8 cm³/mol. The van der Waals surface area contributed by atoms with Crippen LogP contribution in [0.5, 0.6) is 0 Å². The zero-order chi connectivity index (χ0) is 9.14. The first-order valence-electron chi connectivity index (χ1n) is 4.89. The second-order valence-electron chi connectivity index (χ2n) is 3.76. The van der Waals surface area contributed by atoms with Gasteiger partial charge in [0, 0.05) is 6.42 Å². The second-order valence-corrected chi connectivity index (χ2v) is 3.76. The van der Waals surface area contributed by atoms with Gasteiger partial charge in [0.1, 0.15) is 6.10 Å². The largest absolute Gasteiger partial charge is 0.385 e. The number of ketones is 1. The van der Waals surface area contributed by atoms with E-state index in [1.165, 1.54) is 12.8 Å². The molecule has 3 atom stereocenters. The standard InChI is InChI=1S/C10H18O2/c1-3-7-5-8(7)6-10(12)9(11)4-2/h7-9,11H,3-6H2,1-2H3. The molecule has 1 aliphatic rings. The molecule has 0 saturated heterocycles. The average molecular weight is 170 g/mol. The van der Waals surface area contributed by atoms with Crippen molar-refractivity contribution in [2.24, 2.45) is 11.8 Å². The summed E-state index contributed by atoms with van der Waals surface area (Å²) >= 11 is 0. The summed E-state index contributed by atoms with van der Waals surface area (Å²) in [5.74, 6) is 1.39. The summed E-state index contributed by atoms with van der Waals surface area (Å²) in [5, 5.41) is 9.21. The Morgan fingerprint density at radius 1 is 1.50 bits per heavy atom. The number of Topliss-reactive ketones (excluding diaryl/α,β-unsaturated/α-hetero) is 1. The van der Waals surface area contributed by atoms with Crippen molar-refractivity contribution in [1.82, 2.24) is 0 Å². The number of aliphatic hydroxyl groups excluding tert-OH is 1. The van der Waals surface area contributed by atoms with E-state index in [9.17, 15) is 9.90 Å². The fourth-order valence-corrected chi connectivity index (χ4v) is 1.68. The second kappa shape index (κ2) is 4.04. The molecule has 0 aromatic rings. The van der Waals surface area contributed by atoms with E-state index in [4.69, 9.17) is 0 Å². The van der Waals surface area contributed by atoms with Gasteiger partial charge in [0.15, 0.2) is 5.78 Å². The Kier molecular flexibility index (Phi) is 3.27. The van der Waals surface area contributed by atoms with E-state index >= 15 is 0 Å². The first-order valence-corrected chi connectivity index (χ1v) is 4.89. The van der Waals surface area contributed by atoms with E-state index in [1.807, 2.05) is 6.92 Å². The highest BCUT2D eigenvalue weighted by Gasteiger charge is 2.37. The minimum Gasteiger partial charge on any atom is -0.385 e. The first-order chi connectivity index (χ1) is 5.69. The maximum Gasteiger partial charge on any atom is 0.161 e. The maximum atomic E-state index is 11.2. The Morgan fingerprint density at radius 2 is 2.17 bits per heavy atom. The third-order valence-electron chi connectivity index (χ3n) is 2.82. The Bertz CT molecular complexity index is 165. The number of hydrogen-bond acceptors (Lipinski definition) is 2. The predicted octanol–water partition coefficient (Wildman–Crippen LogP) is 1.76. The van der Waals surface area contributed by atoms with Crippen LogP contribution in [0.4, 0.5) is 0 Å². The topological polar surface area (TPSA) is 37.3 Å². The molecule has 1 rings (SSSR count). The van der Waals surface area contributed by atoms with Crippen molar-refractivity contribution < 1.29 is 9.90 Å². The van der Waals surface area contributed by atoms with E-state index in [0.29, 0.717) is 18.8 Å². The fourth-order valence-electron chi connectivity index (χ4n) is 1.68. The molecule has 12 heavy (non-hydrogen) atoms. The summed E-state index contributed by atoms with van der Waals surface area (Å²) in [7, 11) is 0. The van der Waals surface area contributed by atoms with Gasteiger partial charge in [-0.2, -0.15) is 0 Å². The van der Waals surface area contributed by atoms with Crippen molar-refractivity contribution in [2.45, 2.75) is 45.6 Å². The lowest BCUT2D eigenvalue weighted by atomic mass is 10.1. The van der Waals surface area contributed by atoms with Gasteiger partial charge >= 0.3 is 0 Å². The molecular weight excluding hydrogens is 152 g/mol. The number of carbonyl (C=O) groups excluding carboxylic acids is 1. The number of aliphatic hydroxyl groups is 1. The summed E-state index contributed by atoms with van der Waals surface area (Å²) in [6, 6.07) is 0. The minimum absolute atomic E-state index is 0.0402. The van der Waals surface area contributed by atoms with Crippen LogP contribution < -0.4 is 0 Å². The third-order valence-corrected chi connectivity index (χ3v) is 2.82. The molecule has 0 amide bonds. The van der Waals surface area contributed by atoms with Crippen LogP contribution in [0.2, 0.25) is 0 Å². The van der Waals surface area contributed by atoms with Crippen molar-refractivity contribution in [3.05, 3.63) is 0 Å². The maximum absolute atomic E-state index is 11.2. The molecule has 0 aliphatic heterocycles. The van der Waals surface area contributed by atoms with Gasteiger partial charge in [-0.05, 0) is 24.7 Å². The van der Waals surface area contributed by atoms with Crippen LogP contribution in [0.3, 0.4) is 0 Å². The Morgan fingerprint density at radius 3 is 2.58 bits per heavy atom. The summed E-state index contributed by atoms with van der Waals surface area (Å²) in [6.45, 7) is 4.00. The molecule has 2 nitrogen and oxygen atoms in total. The van der Waals surface area contributed by atoms with Crippen molar-refractivity contribution >= 4 is 5.78 Å². The van der Waals surface area contributed by atoms with Crippen molar-refractivity contribution in [3.63, 3.8) is 0 Å². The molecule has 1 N–H and O–H groups in total. The molecule has 0 heterocycles. The molecule has 1 saturated carbocycles. The summed E-state index contributed by atoms with van der Waals surface area (Å²) < 4.78 is 0. The molecule has 70 valence electrons. The molecule has 0 spiro atoms. The van der Waals surface area contributed by atoms with Gasteiger partial charge in [-0.3, -0.25) is 4.79 Å². The van der Waals surface area contributed by atoms with Crippen molar-refractivity contribution in [3.8, 4) is 0 Å². The van der Waals surface area contributed by atoms with Crippen LogP contribution in [0.25, 0.3) is 0 Å². The normalized spacial score (nSPS) is 29.9. The van der Waals surface area contributed by atoms with Gasteiger partial charge in [-0.1, -0.05) is 20.3 Å². The van der Waals surface area contributed by atoms with Gasteiger partial charge in [0.25, 0.3) is 0 Å². The van der Waals surface area contributed by atoms with Crippen molar-refractivity contribution in [2.75, 3.05) is 0 Å². The molecular formula is C10H18O2. The number of rotatable bonds is 5. The van der Waals surface area contributed by atoms with Gasteiger partial charge in [0.2, 0.25) is 0 Å². The van der Waals surface area contributed by atoms with E-state index in [0.717, 1.165) is 5.92 Å². The van der Waals surface area contributed by atoms with Crippen LogP contribution in [0.1, 0.15) is 39.5 Å². The van der Waals surface area contributed by atoms with Gasteiger partial charge < -0.3 is 5.11 Å². The van der Waals surface area contributed by atoms with E-state index in [-0.39, 0.29) is 5.78 Å². The molecule has 0 bridgehead atoms. The van der Waals surface area contributed by atoms with Crippen LogP contribution in [0, 0.1) is 11.8 Å². The zero-order valence-electron chi connectivity index (χ0n) is 7.92. The smallest absolute Gasteiger partial charge is 0.161 e. The quantitative estimate of drug-likeness (QED) is 0.682. The van der Waals surface area contributed by atoms with Crippen LogP contribution in [-0.2, 0) is 4.79 Å². The number of carbonyl (C=O) groups is 1. The van der Waals surface area contributed by atoms with Crippen LogP contribution >= 0.6 is 0 Å². The van der Waals surface area contributed by atoms with E-state index in [1.54, 1.807) is 0 Å². The molecule has 3 unspecified atom stereocenters. The lowest BCUT2D eigenvalue weighted by Gasteiger charge is -2.05. The molecule has 0 aromatic heterocycles. The summed E-state index contributed by atoms with van der Waals surface area (Å²) in [5.41, 5.74) is 0. The molecule has 0 aromatic carbocycles. The van der Waals surface area contributed by atoms with Gasteiger partial charge in [-0.25, -0.2) is 0 Å². The molecule has 1 fully saturated rings. The van der Waals surface area contributed by atoms with E-state index in [2.05, 4.69) is 6.92 Å². The lowest BCUT2D eigenvalue weighted by molar-refractivity contribution is -0.127. The zero-order valence-corrected chi connectivity index (χ0v) is 7.92. The average Bonchev–Trinajstić information content (AvgIpc) is 2.81. The lowest BCUT2D eigenvalue weighted by Crippen LogP contribution is -2.19.